The van der Waals surface area contributed by atoms with Crippen molar-refractivity contribution in [2.75, 3.05) is 0 Å². The van der Waals surface area contributed by atoms with Gasteiger partial charge in [-0.15, -0.1) is 11.3 Å². The molecule has 26 heavy (non-hydrogen) atoms. The predicted octanol–water partition coefficient (Wildman–Crippen LogP) is 5.14. The maximum atomic E-state index is 4.84. The highest BCUT2D eigenvalue weighted by Gasteiger charge is 2.19. The van der Waals surface area contributed by atoms with Gasteiger partial charge in [0.05, 0.1) is 22.4 Å². The molecule has 0 fully saturated rings. The molecular weight excluding hydrogens is 410 g/mol. The van der Waals surface area contributed by atoms with Crippen molar-refractivity contribution in [3.8, 4) is 22.8 Å². The largest absolute Gasteiger partial charge is 0.288 e. The van der Waals surface area contributed by atoms with Crippen LogP contribution in [0.1, 0.15) is 5.69 Å². The maximum absolute atomic E-state index is 4.84. The van der Waals surface area contributed by atoms with Crippen molar-refractivity contribution in [1.29, 1.82) is 0 Å². The quantitative estimate of drug-likeness (QED) is 0.395. The second kappa shape index (κ2) is 5.96. The summed E-state index contributed by atoms with van der Waals surface area (Å²) in [6, 6.07) is 11.9. The molecule has 0 amide bonds. The van der Waals surface area contributed by atoms with Gasteiger partial charge in [0.15, 0.2) is 4.96 Å². The lowest BCUT2D eigenvalue weighted by atomic mass is 10.1. The molecule has 0 aliphatic carbocycles. The summed E-state index contributed by atoms with van der Waals surface area (Å²) in [7, 11) is 0. The van der Waals surface area contributed by atoms with Gasteiger partial charge >= 0.3 is 0 Å². The Balaban J connectivity index is 1.80. The topological polar surface area (TPSA) is 56.0 Å². The SMILES string of the molecule is Cc1cccc(-c2nc3sccn3c2-c2ccc3ncc(Br)cc3n2)n1. The molecule has 0 saturated carbocycles. The van der Waals surface area contributed by atoms with Crippen molar-refractivity contribution in [2.24, 2.45) is 0 Å². The third-order valence-electron chi connectivity index (χ3n) is 4.14. The minimum absolute atomic E-state index is 0.838. The molecule has 0 aliphatic heterocycles. The Morgan fingerprint density at radius 3 is 2.81 bits per heavy atom. The number of aromatic nitrogens is 5. The van der Waals surface area contributed by atoms with Crippen LogP contribution in [0.5, 0.6) is 0 Å². The van der Waals surface area contributed by atoms with E-state index >= 15 is 0 Å². The maximum Gasteiger partial charge on any atom is 0.194 e. The number of imidazole rings is 1. The number of nitrogens with zero attached hydrogens (tertiary/aromatic N) is 5. The Hall–Kier alpha value is -2.64. The van der Waals surface area contributed by atoms with Gasteiger partial charge in [0, 0.05) is 27.9 Å². The molecule has 7 heteroatoms. The average Bonchev–Trinajstić information content (AvgIpc) is 3.22. The molecule has 5 aromatic rings. The third-order valence-corrected chi connectivity index (χ3v) is 5.33. The zero-order chi connectivity index (χ0) is 17.7. The summed E-state index contributed by atoms with van der Waals surface area (Å²) in [6.07, 6.45) is 3.80. The lowest BCUT2D eigenvalue weighted by Crippen LogP contribution is -1.94. The van der Waals surface area contributed by atoms with Gasteiger partial charge < -0.3 is 0 Å². The van der Waals surface area contributed by atoms with Crippen LogP contribution in [-0.4, -0.2) is 24.3 Å². The van der Waals surface area contributed by atoms with Crippen LogP contribution in [0.3, 0.4) is 0 Å². The number of rotatable bonds is 2. The molecule has 0 radical (unpaired) electrons. The molecule has 5 rings (SSSR count). The van der Waals surface area contributed by atoms with E-state index in [1.165, 1.54) is 0 Å². The second-order valence-corrected chi connectivity index (χ2v) is 7.71. The number of aryl methyl sites for hydroxylation is 1. The van der Waals surface area contributed by atoms with Gasteiger partial charge in [-0.05, 0) is 53.2 Å². The highest BCUT2D eigenvalue weighted by molar-refractivity contribution is 9.10. The first-order valence-electron chi connectivity index (χ1n) is 8.01. The van der Waals surface area contributed by atoms with E-state index in [4.69, 9.17) is 9.97 Å². The highest BCUT2D eigenvalue weighted by Crippen LogP contribution is 2.33. The second-order valence-electron chi connectivity index (χ2n) is 5.92. The first-order chi connectivity index (χ1) is 12.7. The van der Waals surface area contributed by atoms with Crippen molar-refractivity contribution in [2.45, 2.75) is 6.92 Å². The number of fused-ring (bicyclic) bond motifs is 2. The van der Waals surface area contributed by atoms with E-state index in [1.807, 2.05) is 54.9 Å². The van der Waals surface area contributed by atoms with E-state index in [9.17, 15) is 0 Å². The first-order valence-corrected chi connectivity index (χ1v) is 9.68. The van der Waals surface area contributed by atoms with Crippen LogP contribution < -0.4 is 0 Å². The van der Waals surface area contributed by atoms with Crippen molar-refractivity contribution < 1.29 is 0 Å². The van der Waals surface area contributed by atoms with Crippen LogP contribution in [0.2, 0.25) is 0 Å². The van der Waals surface area contributed by atoms with Gasteiger partial charge in [0.1, 0.15) is 11.4 Å². The summed E-state index contributed by atoms with van der Waals surface area (Å²) in [5.41, 5.74) is 6.15. The van der Waals surface area contributed by atoms with Gasteiger partial charge in [-0.2, -0.15) is 0 Å². The fourth-order valence-electron chi connectivity index (χ4n) is 3.00. The molecule has 0 aromatic carbocycles. The Morgan fingerprint density at radius 1 is 1.00 bits per heavy atom. The normalized spacial score (nSPS) is 11.5. The number of hydrogen-bond donors (Lipinski definition) is 0. The zero-order valence-electron chi connectivity index (χ0n) is 13.7. The molecule has 0 saturated heterocycles. The molecule has 0 aliphatic rings. The fourth-order valence-corrected chi connectivity index (χ4v) is 4.03. The number of halogens is 1. The van der Waals surface area contributed by atoms with Gasteiger partial charge in [0.2, 0.25) is 0 Å². The smallest absolute Gasteiger partial charge is 0.194 e. The summed E-state index contributed by atoms with van der Waals surface area (Å²) in [6.45, 7) is 1.99. The lowest BCUT2D eigenvalue weighted by Gasteiger charge is -2.06. The van der Waals surface area contributed by atoms with Crippen molar-refractivity contribution in [1.82, 2.24) is 24.3 Å². The van der Waals surface area contributed by atoms with Crippen LogP contribution in [-0.2, 0) is 0 Å². The summed E-state index contributed by atoms with van der Waals surface area (Å²) in [5.74, 6) is 0. The van der Waals surface area contributed by atoms with E-state index in [0.717, 1.165) is 48.9 Å². The molecule has 0 spiro atoms. The van der Waals surface area contributed by atoms with E-state index in [2.05, 4.69) is 30.3 Å². The minimum Gasteiger partial charge on any atom is -0.288 e. The van der Waals surface area contributed by atoms with Gasteiger partial charge in [-0.25, -0.2) is 9.97 Å². The van der Waals surface area contributed by atoms with Crippen molar-refractivity contribution in [3.63, 3.8) is 0 Å². The van der Waals surface area contributed by atoms with Crippen LogP contribution in [0.25, 0.3) is 38.8 Å². The Morgan fingerprint density at radius 2 is 1.92 bits per heavy atom. The summed E-state index contributed by atoms with van der Waals surface area (Å²) >= 11 is 5.07. The lowest BCUT2D eigenvalue weighted by molar-refractivity contribution is 1.18. The average molecular weight is 422 g/mol. The van der Waals surface area contributed by atoms with Crippen LogP contribution in [0.4, 0.5) is 0 Å². The first kappa shape index (κ1) is 15.6. The molecule has 0 unspecified atom stereocenters. The molecule has 0 bridgehead atoms. The summed E-state index contributed by atoms with van der Waals surface area (Å²) < 4.78 is 2.98. The Kier molecular flexibility index (Phi) is 3.58. The molecule has 126 valence electrons. The van der Waals surface area contributed by atoms with Crippen molar-refractivity contribution in [3.05, 3.63) is 64.3 Å². The number of hydrogen-bond acceptors (Lipinski definition) is 5. The number of thiazole rings is 1. The minimum atomic E-state index is 0.838. The molecular formula is C19H12BrN5S. The van der Waals surface area contributed by atoms with Crippen LogP contribution >= 0.6 is 27.3 Å². The molecule has 0 atom stereocenters. The van der Waals surface area contributed by atoms with Gasteiger partial charge in [-0.3, -0.25) is 14.4 Å². The molecule has 5 heterocycles. The Bertz CT molecular complexity index is 1270. The Labute approximate surface area is 161 Å². The van der Waals surface area contributed by atoms with Crippen LogP contribution in [0, 0.1) is 6.92 Å². The monoisotopic (exact) mass is 421 g/mol. The zero-order valence-corrected chi connectivity index (χ0v) is 16.1. The highest BCUT2D eigenvalue weighted by atomic mass is 79.9. The van der Waals surface area contributed by atoms with Crippen molar-refractivity contribution >= 4 is 43.3 Å². The fraction of sp³-hybridized carbons (Fsp3) is 0.0526. The van der Waals surface area contributed by atoms with Gasteiger partial charge in [-0.1, -0.05) is 6.07 Å². The van der Waals surface area contributed by atoms with Gasteiger partial charge in [0.25, 0.3) is 0 Å². The summed E-state index contributed by atoms with van der Waals surface area (Å²) in [4.78, 5) is 19.6. The molecule has 0 N–H and O–H groups in total. The van der Waals surface area contributed by atoms with E-state index in [-0.39, 0.29) is 0 Å². The molecule has 5 aromatic heterocycles. The standard InChI is InChI=1S/C19H12BrN5S/c1-11-3-2-4-14(22-11)17-18(25-7-8-26-19(25)24-17)15-6-5-13-16(23-15)9-12(20)10-21-13/h2-10H,1H3. The van der Waals surface area contributed by atoms with E-state index in [1.54, 1.807) is 17.5 Å². The molecule has 5 nitrogen and oxygen atoms in total. The van der Waals surface area contributed by atoms with Crippen LogP contribution in [0.15, 0.2) is 58.6 Å². The number of pyridine rings is 3. The predicted molar refractivity (Wildman–Crippen MR) is 107 cm³/mol. The third kappa shape index (κ3) is 2.51. The summed E-state index contributed by atoms with van der Waals surface area (Å²) in [5, 5.41) is 2.03. The van der Waals surface area contributed by atoms with E-state index in [0.29, 0.717) is 0 Å². The van der Waals surface area contributed by atoms with E-state index < -0.39 is 0 Å².